The zero-order chi connectivity index (χ0) is 15.5. The van der Waals surface area contributed by atoms with E-state index in [-0.39, 0.29) is 5.91 Å². The van der Waals surface area contributed by atoms with E-state index in [1.807, 2.05) is 31.2 Å². The average molecular weight is 296 g/mol. The van der Waals surface area contributed by atoms with Crippen LogP contribution in [-0.2, 0) is 6.54 Å². The number of rotatable bonds is 4. The first kappa shape index (κ1) is 14.1. The van der Waals surface area contributed by atoms with Gasteiger partial charge in [0.25, 0.3) is 5.91 Å². The van der Waals surface area contributed by atoms with Gasteiger partial charge in [0.1, 0.15) is 24.2 Å². The van der Waals surface area contributed by atoms with Crippen molar-refractivity contribution in [3.8, 4) is 5.69 Å². The molecule has 0 fully saturated rings. The van der Waals surface area contributed by atoms with E-state index in [0.29, 0.717) is 12.1 Å². The molecule has 6 nitrogen and oxygen atoms in total. The molecule has 6 heteroatoms. The van der Waals surface area contributed by atoms with E-state index in [2.05, 4.69) is 10.2 Å². The standard InChI is InChI=1S/C16H16N4O2/c1-12-3-8-15(22-12)9-19(2)16(21)13-4-6-14(7-5-13)20-10-17-18-11-20/h3-8,10-11H,9H2,1-2H3. The third-order valence-corrected chi connectivity index (χ3v) is 3.37. The summed E-state index contributed by atoms with van der Waals surface area (Å²) in [5, 5.41) is 7.52. The number of nitrogens with zero attached hydrogens (tertiary/aromatic N) is 4. The number of furan rings is 1. The minimum absolute atomic E-state index is 0.0515. The Kier molecular flexibility index (Phi) is 3.74. The van der Waals surface area contributed by atoms with E-state index in [1.165, 1.54) is 0 Å². The van der Waals surface area contributed by atoms with Gasteiger partial charge in [0, 0.05) is 18.3 Å². The second-order valence-electron chi connectivity index (χ2n) is 5.09. The van der Waals surface area contributed by atoms with Crippen molar-refractivity contribution in [2.75, 3.05) is 7.05 Å². The number of carbonyl (C=O) groups excluding carboxylic acids is 1. The highest BCUT2D eigenvalue weighted by atomic mass is 16.3. The molecule has 3 rings (SSSR count). The summed E-state index contributed by atoms with van der Waals surface area (Å²) in [5.41, 5.74) is 1.54. The van der Waals surface area contributed by atoms with Gasteiger partial charge in [0.2, 0.25) is 0 Å². The topological polar surface area (TPSA) is 64.2 Å². The summed E-state index contributed by atoms with van der Waals surface area (Å²) < 4.78 is 7.28. The minimum Gasteiger partial charge on any atom is -0.464 e. The lowest BCUT2D eigenvalue weighted by Gasteiger charge is -2.16. The molecule has 0 radical (unpaired) electrons. The summed E-state index contributed by atoms with van der Waals surface area (Å²) in [6.07, 6.45) is 3.23. The predicted molar refractivity (Wildman–Crippen MR) is 80.6 cm³/mol. The highest BCUT2D eigenvalue weighted by Crippen LogP contribution is 2.13. The fraction of sp³-hybridized carbons (Fsp3) is 0.188. The van der Waals surface area contributed by atoms with E-state index >= 15 is 0 Å². The van der Waals surface area contributed by atoms with Crippen molar-refractivity contribution in [2.24, 2.45) is 0 Å². The van der Waals surface area contributed by atoms with Gasteiger partial charge in [-0.25, -0.2) is 0 Å². The van der Waals surface area contributed by atoms with Crippen molar-refractivity contribution in [3.05, 3.63) is 66.1 Å². The molecule has 0 unspecified atom stereocenters. The lowest BCUT2D eigenvalue weighted by molar-refractivity contribution is 0.0775. The number of benzene rings is 1. The molecule has 0 bridgehead atoms. The van der Waals surface area contributed by atoms with E-state index < -0.39 is 0 Å². The number of hydrogen-bond acceptors (Lipinski definition) is 4. The quantitative estimate of drug-likeness (QED) is 0.742. The molecule has 1 amide bonds. The van der Waals surface area contributed by atoms with Crippen LogP contribution in [0.25, 0.3) is 5.69 Å². The molecule has 0 aliphatic rings. The van der Waals surface area contributed by atoms with Crippen LogP contribution in [0, 0.1) is 6.92 Å². The fourth-order valence-electron chi connectivity index (χ4n) is 2.21. The van der Waals surface area contributed by atoms with Gasteiger partial charge in [0.15, 0.2) is 0 Å². The zero-order valence-electron chi connectivity index (χ0n) is 12.4. The Balaban J connectivity index is 1.71. The molecule has 2 heterocycles. The summed E-state index contributed by atoms with van der Waals surface area (Å²) in [6, 6.07) is 11.1. The Hall–Kier alpha value is -2.89. The lowest BCUT2D eigenvalue weighted by Crippen LogP contribution is -2.25. The van der Waals surface area contributed by atoms with Gasteiger partial charge in [-0.1, -0.05) is 0 Å². The molecule has 3 aromatic rings. The molecule has 2 aromatic heterocycles. The van der Waals surface area contributed by atoms with Crippen LogP contribution >= 0.6 is 0 Å². The Morgan fingerprint density at radius 2 is 1.82 bits per heavy atom. The van der Waals surface area contributed by atoms with Crippen LogP contribution in [0.3, 0.4) is 0 Å². The second-order valence-corrected chi connectivity index (χ2v) is 5.09. The van der Waals surface area contributed by atoms with Gasteiger partial charge in [-0.3, -0.25) is 9.36 Å². The van der Waals surface area contributed by atoms with E-state index in [1.54, 1.807) is 41.3 Å². The first-order valence-corrected chi connectivity index (χ1v) is 6.89. The van der Waals surface area contributed by atoms with Crippen molar-refractivity contribution in [1.82, 2.24) is 19.7 Å². The summed E-state index contributed by atoms with van der Waals surface area (Å²) in [6.45, 7) is 2.33. The van der Waals surface area contributed by atoms with Crippen molar-refractivity contribution < 1.29 is 9.21 Å². The van der Waals surface area contributed by atoms with Crippen LogP contribution in [0.5, 0.6) is 0 Å². The lowest BCUT2D eigenvalue weighted by atomic mass is 10.2. The summed E-state index contributed by atoms with van der Waals surface area (Å²) in [5.74, 6) is 1.56. The highest BCUT2D eigenvalue weighted by molar-refractivity contribution is 5.94. The van der Waals surface area contributed by atoms with Gasteiger partial charge in [-0.05, 0) is 43.3 Å². The van der Waals surface area contributed by atoms with Crippen LogP contribution in [-0.4, -0.2) is 32.6 Å². The van der Waals surface area contributed by atoms with E-state index in [0.717, 1.165) is 17.2 Å². The summed E-state index contributed by atoms with van der Waals surface area (Å²) in [7, 11) is 1.76. The number of amides is 1. The molecule has 0 N–H and O–H groups in total. The molecule has 0 aliphatic heterocycles. The van der Waals surface area contributed by atoms with Gasteiger partial charge in [-0.15, -0.1) is 10.2 Å². The molecule has 0 aliphatic carbocycles. The van der Waals surface area contributed by atoms with Crippen LogP contribution in [0.1, 0.15) is 21.9 Å². The van der Waals surface area contributed by atoms with Crippen molar-refractivity contribution in [1.29, 1.82) is 0 Å². The van der Waals surface area contributed by atoms with Gasteiger partial charge in [-0.2, -0.15) is 0 Å². The molecule has 0 atom stereocenters. The normalized spacial score (nSPS) is 10.6. The third kappa shape index (κ3) is 2.90. The Morgan fingerprint density at radius 1 is 1.14 bits per heavy atom. The number of carbonyl (C=O) groups is 1. The molecule has 0 spiro atoms. The Morgan fingerprint density at radius 3 is 2.41 bits per heavy atom. The first-order chi connectivity index (χ1) is 10.6. The Labute approximate surface area is 128 Å². The van der Waals surface area contributed by atoms with Gasteiger partial charge in [0.05, 0.1) is 6.54 Å². The smallest absolute Gasteiger partial charge is 0.254 e. The highest BCUT2D eigenvalue weighted by Gasteiger charge is 2.13. The van der Waals surface area contributed by atoms with Crippen LogP contribution in [0.15, 0.2) is 53.5 Å². The van der Waals surface area contributed by atoms with Crippen molar-refractivity contribution in [2.45, 2.75) is 13.5 Å². The number of aromatic nitrogens is 3. The number of hydrogen-bond donors (Lipinski definition) is 0. The van der Waals surface area contributed by atoms with Crippen molar-refractivity contribution >= 4 is 5.91 Å². The summed E-state index contributed by atoms with van der Waals surface area (Å²) in [4.78, 5) is 14.0. The summed E-state index contributed by atoms with van der Waals surface area (Å²) >= 11 is 0. The van der Waals surface area contributed by atoms with E-state index in [9.17, 15) is 4.79 Å². The first-order valence-electron chi connectivity index (χ1n) is 6.89. The second kappa shape index (κ2) is 5.85. The molecule has 0 saturated heterocycles. The zero-order valence-corrected chi connectivity index (χ0v) is 12.4. The van der Waals surface area contributed by atoms with Crippen LogP contribution in [0.4, 0.5) is 0 Å². The van der Waals surface area contributed by atoms with Gasteiger partial charge < -0.3 is 9.32 Å². The molecular formula is C16H16N4O2. The largest absolute Gasteiger partial charge is 0.464 e. The molecule has 112 valence electrons. The van der Waals surface area contributed by atoms with E-state index in [4.69, 9.17) is 4.42 Å². The minimum atomic E-state index is -0.0515. The Bertz CT molecular complexity index is 760. The SMILES string of the molecule is Cc1ccc(CN(C)C(=O)c2ccc(-n3cnnc3)cc2)o1. The maximum Gasteiger partial charge on any atom is 0.254 e. The average Bonchev–Trinajstić information content (AvgIpc) is 3.18. The third-order valence-electron chi connectivity index (χ3n) is 3.37. The number of aryl methyl sites for hydroxylation is 1. The van der Waals surface area contributed by atoms with Gasteiger partial charge >= 0.3 is 0 Å². The monoisotopic (exact) mass is 296 g/mol. The van der Waals surface area contributed by atoms with Crippen LogP contribution < -0.4 is 0 Å². The van der Waals surface area contributed by atoms with Crippen molar-refractivity contribution in [3.63, 3.8) is 0 Å². The molecule has 1 aromatic carbocycles. The molecule has 22 heavy (non-hydrogen) atoms. The van der Waals surface area contributed by atoms with Crippen LogP contribution in [0.2, 0.25) is 0 Å². The molecule has 0 saturated carbocycles. The molecular weight excluding hydrogens is 280 g/mol. The predicted octanol–water partition coefficient (Wildman–Crippen LogP) is 2.44. The maximum atomic E-state index is 12.4. The fourth-order valence-corrected chi connectivity index (χ4v) is 2.21. The maximum absolute atomic E-state index is 12.4.